The van der Waals surface area contributed by atoms with Gasteiger partial charge in [-0.05, 0) is 12.8 Å². The summed E-state index contributed by atoms with van der Waals surface area (Å²) in [5.74, 6) is 1.09. The zero-order valence-electron chi connectivity index (χ0n) is 23.3. The molecule has 14 heteroatoms. The maximum atomic E-state index is 14.0. The van der Waals surface area contributed by atoms with Crippen molar-refractivity contribution in [2.75, 3.05) is 29.2 Å². The number of benzene rings is 1. The van der Waals surface area contributed by atoms with Gasteiger partial charge in [-0.1, -0.05) is 0 Å². The second kappa shape index (κ2) is 13.1. The average Bonchev–Trinajstić information content (AvgIpc) is 3.46. The molecule has 2 aliphatic rings. The molecule has 4 atom stereocenters. The first-order chi connectivity index (χ1) is 19.7. The van der Waals surface area contributed by atoms with Gasteiger partial charge in [0.05, 0.1) is 0 Å². The van der Waals surface area contributed by atoms with Crippen LogP contribution in [0, 0.1) is 11.8 Å². The summed E-state index contributed by atoms with van der Waals surface area (Å²) in [7, 11) is -2.61. The Hall–Kier alpha value is -2.74. The number of anilines is 2. The van der Waals surface area contributed by atoms with Crippen molar-refractivity contribution in [1.82, 2.24) is 24.6 Å². The number of allylic oxidation sites excluding steroid dienone is 1. The Labute approximate surface area is 249 Å². The summed E-state index contributed by atoms with van der Waals surface area (Å²) in [5.41, 5.74) is 7.36. The topological polar surface area (TPSA) is 156 Å². The molecular formula is C27H36IN7O5P-. The molecule has 0 bridgehead atoms. The Balaban J connectivity index is 1.29. The fourth-order valence-corrected chi connectivity index (χ4v) is 9.52. The second-order valence-corrected chi connectivity index (χ2v) is 15.2. The molecule has 1 unspecified atom stereocenters. The Morgan fingerprint density at radius 3 is 2.71 bits per heavy atom. The fraction of sp³-hybridized carbons (Fsp3) is 0.481. The number of methoxy groups -OCH3 is 1. The summed E-state index contributed by atoms with van der Waals surface area (Å²) in [4.78, 5) is 26.0. The number of carbonyl (C=O) groups excluding carboxylic acids is 1. The van der Waals surface area contributed by atoms with Gasteiger partial charge < -0.3 is 11.1 Å². The van der Waals surface area contributed by atoms with Crippen LogP contribution < -0.4 is 41.9 Å². The van der Waals surface area contributed by atoms with Crippen LogP contribution in [0.3, 0.4) is 0 Å². The standard InChI is InChI=1S/C27H36IN7O5P/c1-17(2)14-28-23(26(36)38-3)34-41(37,40-21-7-5-4-6-8-21)39-15-18-9-12-20(13-18)35-16-30-22-24(31-19-10-11-19)32-27(29)33-25(22)35/h4-9,12,16-20,23H,10-11,13-15H2,1-3H3,(H,34,37)(H3,29,31,32,33)/q-1/t18-,20+,23-,41?/m1/s1. The molecule has 41 heavy (non-hydrogen) atoms. The molecule has 0 saturated heterocycles. The Bertz CT molecular complexity index is 1430. The molecule has 1 aromatic carbocycles. The van der Waals surface area contributed by atoms with Gasteiger partial charge in [0.25, 0.3) is 0 Å². The van der Waals surface area contributed by atoms with Crippen molar-refractivity contribution in [2.24, 2.45) is 11.8 Å². The first kappa shape index (κ1) is 29.7. The van der Waals surface area contributed by atoms with Crippen molar-refractivity contribution < 1.29 is 44.3 Å². The second-order valence-electron chi connectivity index (χ2n) is 10.5. The third-order valence-corrected chi connectivity index (χ3v) is 12.5. The van der Waals surface area contributed by atoms with Crippen molar-refractivity contribution in [3.05, 3.63) is 48.8 Å². The first-order valence-corrected chi connectivity index (χ1v) is 17.9. The van der Waals surface area contributed by atoms with E-state index >= 15 is 0 Å². The van der Waals surface area contributed by atoms with Gasteiger partial charge in [0.15, 0.2) is 0 Å². The van der Waals surface area contributed by atoms with Crippen LogP contribution in [0.1, 0.15) is 39.2 Å². The summed E-state index contributed by atoms with van der Waals surface area (Å²) < 4.78 is 33.0. The van der Waals surface area contributed by atoms with Crippen molar-refractivity contribution in [3.8, 4) is 5.75 Å². The van der Waals surface area contributed by atoms with Crippen molar-refractivity contribution in [3.63, 3.8) is 0 Å². The minimum absolute atomic E-state index is 0.0428. The van der Waals surface area contributed by atoms with E-state index in [9.17, 15) is 9.36 Å². The number of fused-ring (bicyclic) bond motifs is 1. The number of para-hydroxylation sites is 1. The van der Waals surface area contributed by atoms with Gasteiger partial charge in [-0.2, -0.15) is 4.98 Å². The molecule has 4 N–H and O–H groups in total. The molecule has 3 aromatic rings. The average molecular weight is 697 g/mol. The number of rotatable bonds is 14. The predicted octanol–water partition coefficient (Wildman–Crippen LogP) is 1.14. The summed E-state index contributed by atoms with van der Waals surface area (Å²) in [5, 5.41) is 6.30. The molecule has 0 spiro atoms. The number of carbonyl (C=O) groups is 1. The van der Waals surface area contributed by atoms with Crippen LogP contribution in [-0.4, -0.2) is 53.7 Å². The van der Waals surface area contributed by atoms with E-state index in [1.807, 2.05) is 16.7 Å². The Morgan fingerprint density at radius 1 is 1.22 bits per heavy atom. The number of alkyl halides is 2. The van der Waals surface area contributed by atoms with Crippen LogP contribution in [0.25, 0.3) is 11.2 Å². The van der Waals surface area contributed by atoms with Gasteiger partial charge in [-0.25, -0.2) is 0 Å². The molecular weight excluding hydrogens is 660 g/mol. The van der Waals surface area contributed by atoms with E-state index in [0.29, 0.717) is 41.1 Å². The number of nitrogen functional groups attached to an aromatic ring is 1. The minimum atomic E-state index is -3.94. The van der Waals surface area contributed by atoms with Crippen LogP contribution in [-0.2, 0) is 18.6 Å². The van der Waals surface area contributed by atoms with Gasteiger partial charge in [0.1, 0.15) is 0 Å². The van der Waals surface area contributed by atoms with E-state index in [0.717, 1.165) is 17.3 Å². The van der Waals surface area contributed by atoms with E-state index in [-0.39, 0.29) is 24.5 Å². The molecule has 5 rings (SSSR count). The SMILES string of the molecule is COC(=O)[C@@H](NP(=O)(OC[C@@H]1C=C[C@H](n2cnc3c(NC4CC4)nc(N)nc32)C1)Oc1ccccc1)[I-]CC(C)C. The van der Waals surface area contributed by atoms with Crippen LogP contribution in [0.4, 0.5) is 11.8 Å². The van der Waals surface area contributed by atoms with Crippen LogP contribution in [0.15, 0.2) is 48.8 Å². The maximum absolute atomic E-state index is 14.0. The normalized spacial score (nSPS) is 20.8. The van der Waals surface area contributed by atoms with Crippen molar-refractivity contribution >= 4 is 36.6 Å². The van der Waals surface area contributed by atoms with Crippen molar-refractivity contribution in [1.29, 1.82) is 0 Å². The Morgan fingerprint density at radius 2 is 2.00 bits per heavy atom. The van der Waals surface area contributed by atoms with Crippen LogP contribution in [0.5, 0.6) is 5.75 Å². The number of hydrogen-bond donors (Lipinski definition) is 3. The van der Waals surface area contributed by atoms with Gasteiger partial charge in [0.2, 0.25) is 0 Å². The molecule has 2 heterocycles. The monoisotopic (exact) mass is 696 g/mol. The quantitative estimate of drug-likeness (QED) is 0.0555. The molecule has 2 aliphatic carbocycles. The Kier molecular flexibility index (Phi) is 9.47. The van der Waals surface area contributed by atoms with Crippen LogP contribution >= 0.6 is 7.75 Å². The van der Waals surface area contributed by atoms with Gasteiger partial charge in [-0.15, -0.1) is 0 Å². The molecule has 222 valence electrons. The molecule has 2 aromatic heterocycles. The van der Waals surface area contributed by atoms with Crippen LogP contribution in [0.2, 0.25) is 0 Å². The summed E-state index contributed by atoms with van der Waals surface area (Å²) in [6.07, 6.45) is 8.72. The molecule has 1 fully saturated rings. The molecule has 12 nitrogen and oxygen atoms in total. The zero-order valence-corrected chi connectivity index (χ0v) is 26.3. The summed E-state index contributed by atoms with van der Waals surface area (Å²) >= 11 is -0.720. The third-order valence-electron chi connectivity index (χ3n) is 6.52. The fourth-order valence-electron chi connectivity index (χ4n) is 4.34. The van der Waals surface area contributed by atoms with E-state index in [1.165, 1.54) is 7.11 Å². The number of esters is 1. The molecule has 1 saturated carbocycles. The number of nitrogens with one attached hydrogen (secondary N) is 2. The van der Waals surface area contributed by atoms with E-state index in [2.05, 4.69) is 45.3 Å². The number of hydrogen-bond acceptors (Lipinski definition) is 10. The summed E-state index contributed by atoms with van der Waals surface area (Å²) in [6.45, 7) is 4.29. The summed E-state index contributed by atoms with van der Waals surface area (Å²) in [6, 6.07) is 9.16. The first-order valence-electron chi connectivity index (χ1n) is 13.6. The van der Waals surface area contributed by atoms with Gasteiger partial charge >= 0.3 is 216 Å². The predicted molar refractivity (Wildman–Crippen MR) is 152 cm³/mol. The van der Waals surface area contributed by atoms with E-state index in [4.69, 9.17) is 19.5 Å². The van der Waals surface area contributed by atoms with Gasteiger partial charge in [0, 0.05) is 6.04 Å². The molecule has 0 amide bonds. The number of imidazole rings is 1. The van der Waals surface area contributed by atoms with E-state index < -0.39 is 39.0 Å². The zero-order chi connectivity index (χ0) is 29.0. The third kappa shape index (κ3) is 7.76. The molecule has 0 aliphatic heterocycles. The number of halogens is 1. The van der Waals surface area contributed by atoms with Crippen molar-refractivity contribution in [2.45, 2.75) is 49.2 Å². The number of nitrogens with zero attached hydrogens (tertiary/aromatic N) is 4. The molecule has 0 radical (unpaired) electrons. The van der Waals surface area contributed by atoms with Gasteiger partial charge in [-0.3, -0.25) is 0 Å². The van der Waals surface area contributed by atoms with E-state index in [1.54, 1.807) is 30.6 Å². The number of nitrogens with two attached hydrogens (primary N) is 1. The number of aromatic nitrogens is 4. The number of ether oxygens (including phenoxy) is 1.